The van der Waals surface area contributed by atoms with Crippen LogP contribution in [0.15, 0.2) is 73.1 Å². The monoisotopic (exact) mass is 324 g/mol. The van der Waals surface area contributed by atoms with Crippen molar-refractivity contribution in [2.75, 3.05) is 0 Å². The molecule has 0 atom stereocenters. The maximum atomic E-state index is 9.05. The first-order valence-electron chi connectivity index (χ1n) is 8.80. The lowest BCUT2D eigenvalue weighted by Crippen LogP contribution is -2.28. The van der Waals surface area contributed by atoms with E-state index in [1.807, 2.05) is 12.4 Å². The number of fused-ring (bicyclic) bond motifs is 3. The van der Waals surface area contributed by atoms with E-state index < -0.39 is 0 Å². The number of nitriles is 1. The van der Waals surface area contributed by atoms with Gasteiger partial charge < -0.3 is 0 Å². The summed E-state index contributed by atoms with van der Waals surface area (Å²) in [6.45, 7) is 0. The molecule has 1 aromatic heterocycles. The Morgan fingerprint density at radius 3 is 2.04 bits per heavy atom. The summed E-state index contributed by atoms with van der Waals surface area (Å²) in [6.07, 6.45) is 7.16. The van der Waals surface area contributed by atoms with Crippen LogP contribution in [-0.2, 0) is 11.8 Å². The molecule has 0 spiro atoms. The number of aromatic nitrogens is 1. The predicted octanol–water partition coefficient (Wildman–Crippen LogP) is 5.28. The van der Waals surface area contributed by atoms with E-state index in [0.29, 0.717) is 6.42 Å². The molecule has 3 aromatic rings. The van der Waals surface area contributed by atoms with Gasteiger partial charge in [-0.3, -0.25) is 4.98 Å². The summed E-state index contributed by atoms with van der Waals surface area (Å²) in [7, 11) is 0. The maximum absolute atomic E-state index is 9.05. The highest BCUT2D eigenvalue weighted by atomic mass is 14.6. The van der Waals surface area contributed by atoms with Crippen molar-refractivity contribution < 1.29 is 0 Å². The number of unbranched alkanes of at least 4 members (excludes halogenated alkanes) is 1. The van der Waals surface area contributed by atoms with Crippen molar-refractivity contribution in [2.45, 2.75) is 31.1 Å². The van der Waals surface area contributed by atoms with Gasteiger partial charge in [-0.1, -0.05) is 48.5 Å². The molecule has 0 saturated carbocycles. The highest BCUT2D eigenvalue weighted by Gasteiger charge is 2.42. The molecule has 2 aromatic carbocycles. The molecule has 0 amide bonds. The number of hydrogen-bond donors (Lipinski definition) is 0. The minimum absolute atomic E-state index is 0.0641. The second kappa shape index (κ2) is 6.53. The minimum atomic E-state index is -0.0641. The molecule has 4 rings (SSSR count). The molecule has 0 bridgehead atoms. The highest BCUT2D eigenvalue weighted by molar-refractivity contribution is 5.81. The Morgan fingerprint density at radius 2 is 1.44 bits per heavy atom. The molecule has 1 heterocycles. The quantitative estimate of drug-likeness (QED) is 0.598. The van der Waals surface area contributed by atoms with Gasteiger partial charge in [0.05, 0.1) is 6.07 Å². The molecule has 1 aliphatic carbocycles. The summed E-state index contributed by atoms with van der Waals surface area (Å²) in [6, 6.07) is 24.0. The SMILES string of the molecule is N#CCCCC1(Cc2ccncc2)c2ccccc2-c2ccccc21. The number of hydrogen-bond acceptors (Lipinski definition) is 2. The normalized spacial score (nSPS) is 13.7. The van der Waals surface area contributed by atoms with Crippen LogP contribution in [0, 0.1) is 11.3 Å². The standard InChI is InChI=1S/C23H20N2/c24-14-6-5-13-23(17-18-11-15-25-16-12-18)21-9-3-1-7-19(21)20-8-2-4-10-22(20)23/h1-4,7-12,15-16H,5-6,13,17H2. The molecular weight excluding hydrogens is 304 g/mol. The van der Waals surface area contributed by atoms with E-state index in [-0.39, 0.29) is 5.41 Å². The van der Waals surface area contributed by atoms with Crippen LogP contribution in [0.25, 0.3) is 11.1 Å². The topological polar surface area (TPSA) is 36.7 Å². The van der Waals surface area contributed by atoms with Crippen molar-refractivity contribution >= 4 is 0 Å². The van der Waals surface area contributed by atoms with Gasteiger partial charge in [-0.25, -0.2) is 0 Å². The second-order valence-corrected chi connectivity index (χ2v) is 6.72. The van der Waals surface area contributed by atoms with Crippen molar-refractivity contribution in [1.82, 2.24) is 4.98 Å². The summed E-state index contributed by atoms with van der Waals surface area (Å²) in [5.41, 5.74) is 6.69. The lowest BCUT2D eigenvalue weighted by molar-refractivity contribution is 0.465. The Labute approximate surface area is 148 Å². The van der Waals surface area contributed by atoms with Gasteiger partial charge in [0.15, 0.2) is 0 Å². The van der Waals surface area contributed by atoms with E-state index in [1.54, 1.807) is 0 Å². The van der Waals surface area contributed by atoms with Crippen LogP contribution in [0.1, 0.15) is 36.0 Å². The fraction of sp³-hybridized carbons (Fsp3) is 0.217. The third kappa shape index (κ3) is 2.62. The minimum Gasteiger partial charge on any atom is -0.265 e. The van der Waals surface area contributed by atoms with Crippen LogP contribution in [0.4, 0.5) is 0 Å². The van der Waals surface area contributed by atoms with Gasteiger partial charge >= 0.3 is 0 Å². The van der Waals surface area contributed by atoms with Gasteiger partial charge in [0.25, 0.3) is 0 Å². The maximum Gasteiger partial charge on any atom is 0.0621 e. The molecule has 0 aliphatic heterocycles. The van der Waals surface area contributed by atoms with Gasteiger partial charge in [-0.05, 0) is 59.2 Å². The van der Waals surface area contributed by atoms with Gasteiger partial charge in [0, 0.05) is 24.2 Å². The highest BCUT2D eigenvalue weighted by Crippen LogP contribution is 2.52. The van der Waals surface area contributed by atoms with Crippen LogP contribution >= 0.6 is 0 Å². The molecule has 0 fully saturated rings. The largest absolute Gasteiger partial charge is 0.265 e. The summed E-state index contributed by atoms with van der Waals surface area (Å²) in [4.78, 5) is 4.16. The van der Waals surface area contributed by atoms with Crippen LogP contribution in [0.3, 0.4) is 0 Å². The smallest absolute Gasteiger partial charge is 0.0621 e. The predicted molar refractivity (Wildman–Crippen MR) is 100 cm³/mol. The average molecular weight is 324 g/mol. The Bertz CT molecular complexity index is 877. The van der Waals surface area contributed by atoms with E-state index in [2.05, 4.69) is 71.7 Å². The van der Waals surface area contributed by atoms with Crippen LogP contribution < -0.4 is 0 Å². The third-order valence-corrected chi connectivity index (χ3v) is 5.32. The van der Waals surface area contributed by atoms with Crippen molar-refractivity contribution in [3.8, 4) is 17.2 Å². The van der Waals surface area contributed by atoms with Crippen LogP contribution in [0.5, 0.6) is 0 Å². The van der Waals surface area contributed by atoms with Crippen molar-refractivity contribution in [3.63, 3.8) is 0 Å². The molecule has 122 valence electrons. The molecular formula is C23H20N2. The Morgan fingerprint density at radius 1 is 0.840 bits per heavy atom. The molecule has 0 saturated heterocycles. The van der Waals surface area contributed by atoms with Gasteiger partial charge in [-0.15, -0.1) is 0 Å². The molecule has 0 unspecified atom stereocenters. The first-order valence-corrected chi connectivity index (χ1v) is 8.80. The van der Waals surface area contributed by atoms with Crippen LogP contribution in [0.2, 0.25) is 0 Å². The fourth-order valence-electron chi connectivity index (χ4n) is 4.28. The van der Waals surface area contributed by atoms with Crippen molar-refractivity contribution in [3.05, 3.63) is 89.7 Å². The molecule has 25 heavy (non-hydrogen) atoms. The van der Waals surface area contributed by atoms with Gasteiger partial charge in [-0.2, -0.15) is 5.26 Å². The third-order valence-electron chi connectivity index (χ3n) is 5.32. The van der Waals surface area contributed by atoms with Gasteiger partial charge in [0.2, 0.25) is 0 Å². The number of rotatable bonds is 5. The molecule has 2 heteroatoms. The van der Waals surface area contributed by atoms with E-state index in [1.165, 1.54) is 27.8 Å². The summed E-state index contributed by atoms with van der Waals surface area (Å²) >= 11 is 0. The van der Waals surface area contributed by atoms with Crippen LogP contribution in [-0.4, -0.2) is 4.98 Å². The van der Waals surface area contributed by atoms with E-state index in [9.17, 15) is 0 Å². The Hall–Kier alpha value is -2.92. The summed E-state index contributed by atoms with van der Waals surface area (Å²) < 4.78 is 0. The zero-order valence-electron chi connectivity index (χ0n) is 14.2. The average Bonchev–Trinajstić information content (AvgIpc) is 2.94. The first-order chi connectivity index (χ1) is 12.3. The Kier molecular flexibility index (Phi) is 4.07. The fourth-order valence-corrected chi connectivity index (χ4v) is 4.28. The van der Waals surface area contributed by atoms with Crippen molar-refractivity contribution in [1.29, 1.82) is 5.26 Å². The van der Waals surface area contributed by atoms with E-state index in [4.69, 9.17) is 5.26 Å². The molecule has 2 nitrogen and oxygen atoms in total. The van der Waals surface area contributed by atoms with Gasteiger partial charge in [0.1, 0.15) is 0 Å². The summed E-state index contributed by atoms with van der Waals surface area (Å²) in [5.74, 6) is 0. The molecule has 0 N–H and O–H groups in total. The zero-order chi connectivity index (χ0) is 17.1. The number of pyridine rings is 1. The van der Waals surface area contributed by atoms with E-state index >= 15 is 0 Å². The van der Waals surface area contributed by atoms with E-state index in [0.717, 1.165) is 19.3 Å². The van der Waals surface area contributed by atoms with Crippen molar-refractivity contribution in [2.24, 2.45) is 0 Å². The molecule has 1 aliphatic rings. The zero-order valence-corrected chi connectivity index (χ0v) is 14.2. The number of nitrogens with zero attached hydrogens (tertiary/aromatic N) is 2. The molecule has 0 radical (unpaired) electrons. The lowest BCUT2D eigenvalue weighted by atomic mass is 9.70. The Balaban J connectivity index is 1.89. The second-order valence-electron chi connectivity index (χ2n) is 6.72. The summed E-state index contributed by atoms with van der Waals surface area (Å²) in [5, 5.41) is 9.05. The first kappa shape index (κ1) is 15.6. The lowest BCUT2D eigenvalue weighted by Gasteiger charge is -2.32. The number of benzene rings is 2.